The number of piperazine rings is 1. The number of fused-ring (bicyclic) bond motifs is 1. The summed E-state index contributed by atoms with van der Waals surface area (Å²) in [6, 6.07) is 0. The normalized spacial score (nSPS) is 16.2. The van der Waals surface area contributed by atoms with Crippen molar-refractivity contribution in [2.75, 3.05) is 37.6 Å². The second-order valence-electron chi connectivity index (χ2n) is 6.53. The van der Waals surface area contributed by atoms with Crippen molar-refractivity contribution in [3.8, 4) is 0 Å². The average molecular weight is 334 g/mol. The summed E-state index contributed by atoms with van der Waals surface area (Å²) in [4.78, 5) is 33.8. The van der Waals surface area contributed by atoms with Crippen LogP contribution in [0.4, 0.5) is 5.95 Å². The fraction of sp³-hybridized carbons (Fsp3) is 0.688. The van der Waals surface area contributed by atoms with Crippen LogP contribution in [0.25, 0.3) is 11.2 Å². The van der Waals surface area contributed by atoms with E-state index >= 15 is 0 Å². The second kappa shape index (κ2) is 6.43. The predicted octanol–water partition coefficient (Wildman–Crippen LogP) is -0.107. The van der Waals surface area contributed by atoms with Gasteiger partial charge in [0.1, 0.15) is 0 Å². The van der Waals surface area contributed by atoms with Gasteiger partial charge in [-0.3, -0.25) is 18.8 Å². The molecule has 2 aromatic rings. The van der Waals surface area contributed by atoms with Gasteiger partial charge in [-0.05, 0) is 13.0 Å². The molecule has 0 bridgehead atoms. The summed E-state index contributed by atoms with van der Waals surface area (Å²) < 4.78 is 4.40. The highest BCUT2D eigenvalue weighted by atomic mass is 16.2. The molecular weight excluding hydrogens is 308 g/mol. The molecule has 0 aliphatic carbocycles. The van der Waals surface area contributed by atoms with E-state index in [9.17, 15) is 9.59 Å². The first-order chi connectivity index (χ1) is 11.5. The van der Waals surface area contributed by atoms with E-state index in [0.717, 1.165) is 43.2 Å². The SMILES string of the molecule is CCCCN1CCN(c2nc3c(c(=O)n(C)c(=O)n3C)n2C)CC1. The Morgan fingerprint density at radius 2 is 1.62 bits per heavy atom. The summed E-state index contributed by atoms with van der Waals surface area (Å²) in [5.74, 6) is 0.762. The molecule has 0 radical (unpaired) electrons. The Labute approximate surface area is 140 Å². The van der Waals surface area contributed by atoms with Crippen molar-refractivity contribution < 1.29 is 0 Å². The second-order valence-corrected chi connectivity index (χ2v) is 6.53. The first-order valence-corrected chi connectivity index (χ1v) is 8.55. The average Bonchev–Trinajstić information content (AvgIpc) is 2.94. The van der Waals surface area contributed by atoms with Gasteiger partial charge < -0.3 is 9.47 Å². The molecule has 0 N–H and O–H groups in total. The predicted molar refractivity (Wildman–Crippen MR) is 94.8 cm³/mol. The van der Waals surface area contributed by atoms with Gasteiger partial charge in [0.2, 0.25) is 5.95 Å². The van der Waals surface area contributed by atoms with E-state index < -0.39 is 0 Å². The number of imidazole rings is 1. The van der Waals surface area contributed by atoms with Crippen LogP contribution in [0.5, 0.6) is 0 Å². The van der Waals surface area contributed by atoms with Gasteiger partial charge in [0.25, 0.3) is 5.56 Å². The zero-order valence-electron chi connectivity index (χ0n) is 14.9. The number of rotatable bonds is 4. The third-order valence-electron chi connectivity index (χ3n) is 4.93. The molecule has 3 rings (SSSR count). The molecule has 1 aliphatic heterocycles. The van der Waals surface area contributed by atoms with Gasteiger partial charge in [0.15, 0.2) is 11.2 Å². The van der Waals surface area contributed by atoms with Crippen LogP contribution in [0.15, 0.2) is 9.59 Å². The summed E-state index contributed by atoms with van der Waals surface area (Å²) in [6.07, 6.45) is 2.44. The largest absolute Gasteiger partial charge is 0.340 e. The summed E-state index contributed by atoms with van der Waals surface area (Å²) >= 11 is 0. The Morgan fingerprint density at radius 3 is 2.25 bits per heavy atom. The standard InChI is InChI=1S/C16H26N6O2/c1-5-6-7-21-8-10-22(11-9-21)15-17-13-12(18(15)2)14(23)20(4)16(24)19(13)3/h5-11H2,1-4H3. The molecule has 0 saturated carbocycles. The third-order valence-corrected chi connectivity index (χ3v) is 4.93. The van der Waals surface area contributed by atoms with Gasteiger partial charge in [-0.2, -0.15) is 4.98 Å². The molecule has 2 aromatic heterocycles. The molecule has 1 aliphatic rings. The van der Waals surface area contributed by atoms with Gasteiger partial charge in [-0.25, -0.2) is 4.79 Å². The van der Waals surface area contributed by atoms with E-state index in [1.807, 2.05) is 11.6 Å². The smallest absolute Gasteiger partial charge is 0.332 e. The van der Waals surface area contributed by atoms with E-state index in [2.05, 4.69) is 21.7 Å². The maximum Gasteiger partial charge on any atom is 0.332 e. The van der Waals surface area contributed by atoms with Crippen LogP contribution in [0, 0.1) is 0 Å². The summed E-state index contributed by atoms with van der Waals surface area (Å²) in [5.41, 5.74) is 0.287. The summed E-state index contributed by atoms with van der Waals surface area (Å²) in [7, 11) is 5.01. The van der Waals surface area contributed by atoms with Crippen LogP contribution in [-0.2, 0) is 21.1 Å². The molecule has 0 amide bonds. The van der Waals surface area contributed by atoms with Crippen molar-refractivity contribution in [2.45, 2.75) is 19.8 Å². The van der Waals surface area contributed by atoms with Crippen LogP contribution in [0.2, 0.25) is 0 Å². The molecule has 0 unspecified atom stereocenters. The van der Waals surface area contributed by atoms with Gasteiger partial charge >= 0.3 is 5.69 Å². The molecular formula is C16H26N6O2. The van der Waals surface area contributed by atoms with E-state index in [-0.39, 0.29) is 11.2 Å². The number of hydrogen-bond donors (Lipinski definition) is 0. The highest BCUT2D eigenvalue weighted by molar-refractivity contribution is 5.74. The molecule has 3 heterocycles. The molecule has 8 heteroatoms. The number of aromatic nitrogens is 4. The number of hydrogen-bond acceptors (Lipinski definition) is 5. The van der Waals surface area contributed by atoms with Crippen molar-refractivity contribution in [1.82, 2.24) is 23.6 Å². The maximum absolute atomic E-state index is 12.5. The molecule has 1 fully saturated rings. The maximum atomic E-state index is 12.5. The first kappa shape index (κ1) is 16.8. The third kappa shape index (κ3) is 2.64. The van der Waals surface area contributed by atoms with E-state index in [4.69, 9.17) is 0 Å². The van der Waals surface area contributed by atoms with Crippen molar-refractivity contribution in [3.05, 3.63) is 20.8 Å². The molecule has 8 nitrogen and oxygen atoms in total. The van der Waals surface area contributed by atoms with Crippen molar-refractivity contribution in [2.24, 2.45) is 21.1 Å². The van der Waals surface area contributed by atoms with Crippen molar-refractivity contribution in [1.29, 1.82) is 0 Å². The van der Waals surface area contributed by atoms with Crippen molar-refractivity contribution >= 4 is 17.1 Å². The van der Waals surface area contributed by atoms with Crippen LogP contribution in [0.1, 0.15) is 19.8 Å². The minimum atomic E-state index is -0.346. The number of aryl methyl sites for hydroxylation is 2. The number of nitrogens with zero attached hydrogens (tertiary/aromatic N) is 6. The van der Waals surface area contributed by atoms with Gasteiger partial charge in [-0.15, -0.1) is 0 Å². The lowest BCUT2D eigenvalue weighted by Crippen LogP contribution is -2.47. The fourth-order valence-corrected chi connectivity index (χ4v) is 3.34. The Kier molecular flexibility index (Phi) is 4.49. The lowest BCUT2D eigenvalue weighted by molar-refractivity contribution is 0.252. The number of unbranched alkanes of at least 4 members (excludes halogenated alkanes) is 1. The van der Waals surface area contributed by atoms with Gasteiger partial charge in [0, 0.05) is 47.3 Å². The Balaban J connectivity index is 1.94. The zero-order chi connectivity index (χ0) is 17.4. The van der Waals surface area contributed by atoms with Crippen LogP contribution < -0.4 is 16.1 Å². The minimum Gasteiger partial charge on any atom is -0.340 e. The highest BCUT2D eigenvalue weighted by Gasteiger charge is 2.23. The highest BCUT2D eigenvalue weighted by Crippen LogP contribution is 2.19. The van der Waals surface area contributed by atoms with Gasteiger partial charge in [-0.1, -0.05) is 13.3 Å². The van der Waals surface area contributed by atoms with E-state index in [1.54, 1.807) is 7.05 Å². The quantitative estimate of drug-likeness (QED) is 0.781. The Bertz CT molecular complexity index is 854. The summed E-state index contributed by atoms with van der Waals surface area (Å²) in [5, 5.41) is 0. The monoisotopic (exact) mass is 334 g/mol. The van der Waals surface area contributed by atoms with Crippen LogP contribution in [0.3, 0.4) is 0 Å². The van der Waals surface area contributed by atoms with Crippen LogP contribution >= 0.6 is 0 Å². The van der Waals surface area contributed by atoms with E-state index in [0.29, 0.717) is 11.2 Å². The van der Waals surface area contributed by atoms with E-state index in [1.165, 1.54) is 24.5 Å². The molecule has 1 saturated heterocycles. The summed E-state index contributed by atoms with van der Waals surface area (Å²) in [6.45, 7) is 7.12. The first-order valence-electron chi connectivity index (χ1n) is 8.55. The molecule has 0 aromatic carbocycles. The Morgan fingerprint density at radius 1 is 0.958 bits per heavy atom. The molecule has 24 heavy (non-hydrogen) atoms. The van der Waals surface area contributed by atoms with Gasteiger partial charge in [0.05, 0.1) is 0 Å². The molecule has 0 atom stereocenters. The van der Waals surface area contributed by atoms with Crippen LogP contribution in [-0.4, -0.2) is 56.3 Å². The topological polar surface area (TPSA) is 68.3 Å². The molecule has 132 valence electrons. The zero-order valence-corrected chi connectivity index (χ0v) is 14.9. The van der Waals surface area contributed by atoms with Crippen molar-refractivity contribution in [3.63, 3.8) is 0 Å². The lowest BCUT2D eigenvalue weighted by Gasteiger charge is -2.35. The lowest BCUT2D eigenvalue weighted by atomic mass is 10.2. The molecule has 0 spiro atoms. The number of anilines is 1. The fourth-order valence-electron chi connectivity index (χ4n) is 3.34. The Hall–Kier alpha value is -2.09. The minimum absolute atomic E-state index is 0.295.